The maximum atomic E-state index is 16.6. The normalized spacial score (nSPS) is 17.5. The lowest BCUT2D eigenvalue weighted by molar-refractivity contribution is -0.137. The fraction of sp³-hybridized carbons (Fsp3) is 0.419. The molecule has 2 aromatic heterocycles. The van der Waals surface area contributed by atoms with Crippen LogP contribution >= 0.6 is 23.1 Å². The maximum absolute atomic E-state index is 16.6. The van der Waals surface area contributed by atoms with Crippen molar-refractivity contribution in [2.45, 2.75) is 49.9 Å². The smallest absolute Gasteiger partial charge is 0.417 e. The molecule has 1 fully saturated rings. The number of carbonyl (C=O) groups excluding carboxylic acids is 1. The molecule has 1 atom stereocenters. The first-order chi connectivity index (χ1) is 22.2. The van der Waals surface area contributed by atoms with Crippen LogP contribution in [0.5, 0.6) is 6.01 Å². The second-order valence-corrected chi connectivity index (χ2v) is 14.4. The average molecular weight is 716 g/mol. The summed E-state index contributed by atoms with van der Waals surface area (Å²) in [6, 6.07) is 3.61. The summed E-state index contributed by atoms with van der Waals surface area (Å²) in [6.45, 7) is 4.15. The Bertz CT molecular complexity index is 1990. The number of thiophene rings is 1. The van der Waals surface area contributed by atoms with E-state index in [4.69, 9.17) is 9.47 Å². The summed E-state index contributed by atoms with van der Waals surface area (Å²) in [5.41, 5.74) is -6.56. The number of hydrogen-bond acceptors (Lipinski definition) is 9. The number of nitriles is 1. The number of carbonyl (C=O) groups is 1. The van der Waals surface area contributed by atoms with Crippen molar-refractivity contribution in [3.05, 3.63) is 41.0 Å². The van der Waals surface area contributed by atoms with Gasteiger partial charge in [0.1, 0.15) is 39.6 Å². The molecule has 256 valence electrons. The van der Waals surface area contributed by atoms with Crippen LogP contribution in [0.3, 0.4) is 0 Å². The first-order valence-electron chi connectivity index (χ1n) is 14.2. The molecule has 1 saturated carbocycles. The van der Waals surface area contributed by atoms with Crippen molar-refractivity contribution in [3.63, 3.8) is 0 Å². The van der Waals surface area contributed by atoms with Crippen molar-refractivity contribution in [1.82, 2.24) is 14.9 Å². The third-order valence-corrected chi connectivity index (χ3v) is 9.28. The molecule has 48 heavy (non-hydrogen) atoms. The van der Waals surface area contributed by atoms with Crippen molar-refractivity contribution in [3.8, 4) is 23.2 Å². The van der Waals surface area contributed by atoms with Crippen molar-refractivity contribution >= 4 is 55.2 Å². The fourth-order valence-electron chi connectivity index (χ4n) is 5.42. The number of alkyl halides is 5. The summed E-state index contributed by atoms with van der Waals surface area (Å²) in [5, 5.41) is 11.3. The van der Waals surface area contributed by atoms with Crippen LogP contribution in [0.2, 0.25) is 0 Å². The van der Waals surface area contributed by atoms with Gasteiger partial charge in [0.15, 0.2) is 5.82 Å². The van der Waals surface area contributed by atoms with Gasteiger partial charge in [-0.2, -0.15) is 28.4 Å². The third-order valence-electron chi connectivity index (χ3n) is 7.47. The summed E-state index contributed by atoms with van der Waals surface area (Å²) in [6.07, 6.45) is -5.17. The lowest BCUT2D eigenvalue weighted by Crippen LogP contribution is -2.32. The van der Waals surface area contributed by atoms with E-state index in [1.54, 1.807) is 45.8 Å². The first kappa shape index (κ1) is 35.4. The van der Waals surface area contributed by atoms with E-state index in [1.165, 1.54) is 6.26 Å². The van der Waals surface area contributed by atoms with Gasteiger partial charge in [-0.3, -0.25) is 5.32 Å². The van der Waals surface area contributed by atoms with E-state index in [0.29, 0.717) is 17.4 Å². The minimum atomic E-state index is -5.16. The number of halogens is 7. The SMILES string of the molecule is CSc1nc(OC[C@]2(CN(C)C)CC2(F)F)nc2c(F)c(-c3ccc(F)c4sc(NC(=O)OC(C)(C)C)c(C#N)c34)c(C(F)(F)F)cc12. The van der Waals surface area contributed by atoms with Crippen LogP contribution in [0, 0.1) is 28.4 Å². The van der Waals surface area contributed by atoms with E-state index >= 15 is 8.78 Å². The molecule has 0 bridgehead atoms. The highest BCUT2D eigenvalue weighted by atomic mass is 32.2. The number of hydrogen-bond donors (Lipinski definition) is 1. The van der Waals surface area contributed by atoms with Crippen LogP contribution < -0.4 is 10.1 Å². The van der Waals surface area contributed by atoms with Crippen LogP contribution in [0.15, 0.2) is 23.2 Å². The van der Waals surface area contributed by atoms with Gasteiger partial charge in [0.2, 0.25) is 0 Å². The molecule has 2 heterocycles. The Hall–Kier alpha value is -3.88. The molecule has 0 radical (unpaired) electrons. The number of aromatic nitrogens is 2. The van der Waals surface area contributed by atoms with Crippen LogP contribution in [-0.2, 0) is 10.9 Å². The number of nitrogens with one attached hydrogen (secondary N) is 1. The lowest BCUT2D eigenvalue weighted by Gasteiger charge is -2.21. The number of rotatable bonds is 8. The number of amides is 1. The van der Waals surface area contributed by atoms with E-state index in [1.807, 2.05) is 0 Å². The molecule has 0 aliphatic heterocycles. The molecule has 5 rings (SSSR count). The maximum Gasteiger partial charge on any atom is 0.417 e. The molecule has 17 heteroatoms. The molecular weight excluding hydrogens is 687 g/mol. The fourth-order valence-corrected chi connectivity index (χ4v) is 7.03. The molecule has 1 amide bonds. The van der Waals surface area contributed by atoms with E-state index in [0.717, 1.165) is 23.9 Å². The minimum absolute atomic E-state index is 0.0381. The Morgan fingerprint density at radius 2 is 1.85 bits per heavy atom. The van der Waals surface area contributed by atoms with Gasteiger partial charge in [-0.25, -0.2) is 22.4 Å². The lowest BCUT2D eigenvalue weighted by atomic mass is 9.92. The van der Waals surface area contributed by atoms with E-state index in [9.17, 15) is 32.0 Å². The monoisotopic (exact) mass is 715 g/mol. The number of nitrogens with zero attached hydrogens (tertiary/aromatic N) is 4. The largest absolute Gasteiger partial charge is 0.463 e. The topological polar surface area (TPSA) is 100 Å². The Morgan fingerprint density at radius 3 is 2.40 bits per heavy atom. The Morgan fingerprint density at radius 1 is 1.19 bits per heavy atom. The average Bonchev–Trinajstić information content (AvgIpc) is 3.29. The number of ether oxygens (including phenoxy) is 2. The highest BCUT2D eigenvalue weighted by Crippen LogP contribution is 2.60. The molecule has 0 unspecified atom stereocenters. The summed E-state index contributed by atoms with van der Waals surface area (Å²) in [7, 11) is 3.22. The predicted molar refractivity (Wildman–Crippen MR) is 168 cm³/mol. The van der Waals surface area contributed by atoms with Gasteiger partial charge in [0, 0.05) is 29.3 Å². The summed E-state index contributed by atoms with van der Waals surface area (Å²) in [5.74, 6) is -5.47. The zero-order chi connectivity index (χ0) is 35.6. The highest BCUT2D eigenvalue weighted by molar-refractivity contribution is 7.98. The number of benzene rings is 2. The molecule has 1 aliphatic rings. The van der Waals surface area contributed by atoms with E-state index < -0.39 is 87.7 Å². The molecule has 0 spiro atoms. The van der Waals surface area contributed by atoms with Crippen molar-refractivity contribution in [1.29, 1.82) is 5.26 Å². The van der Waals surface area contributed by atoms with Gasteiger partial charge in [-0.15, -0.1) is 23.1 Å². The highest BCUT2D eigenvalue weighted by Gasteiger charge is 2.71. The molecule has 1 aliphatic carbocycles. The number of fused-ring (bicyclic) bond motifs is 2. The molecule has 4 aromatic rings. The van der Waals surface area contributed by atoms with Gasteiger partial charge < -0.3 is 14.4 Å². The second kappa shape index (κ2) is 12.2. The number of anilines is 1. The standard InChI is InChI=1S/C31H28F7N5O3S2/c1-28(2,3)46-27(44)42-25-16(10-39)19-14(7-8-18(32)23(19)48-25)20-17(31(36,37)38)9-15-22(21(20)33)40-26(41-24(15)47-6)45-13-29(12-43(4)5)11-30(29,34)35/h7-9H,11-13H2,1-6H3,(H,42,44)/t29-/m1/s1. The third kappa shape index (κ3) is 6.57. The molecule has 2 aromatic carbocycles. The van der Waals surface area contributed by atoms with Gasteiger partial charge in [0.05, 0.1) is 21.2 Å². The van der Waals surface area contributed by atoms with E-state index in [-0.39, 0.29) is 32.0 Å². The van der Waals surface area contributed by atoms with Gasteiger partial charge in [0.25, 0.3) is 5.92 Å². The van der Waals surface area contributed by atoms with Crippen molar-refractivity contribution in [2.24, 2.45) is 5.41 Å². The van der Waals surface area contributed by atoms with Gasteiger partial charge >= 0.3 is 18.3 Å². The van der Waals surface area contributed by atoms with Crippen molar-refractivity contribution < 1.29 is 45.0 Å². The van der Waals surface area contributed by atoms with Crippen LogP contribution in [-0.4, -0.2) is 66.0 Å². The quantitative estimate of drug-likeness (QED) is 0.110. The molecule has 0 saturated heterocycles. The van der Waals surface area contributed by atoms with Crippen LogP contribution in [0.4, 0.5) is 40.5 Å². The minimum Gasteiger partial charge on any atom is -0.463 e. The van der Waals surface area contributed by atoms with Crippen molar-refractivity contribution in [2.75, 3.05) is 38.8 Å². The molecule has 1 N–H and O–H groups in total. The summed E-state index contributed by atoms with van der Waals surface area (Å²) >= 11 is 1.42. The van der Waals surface area contributed by atoms with E-state index in [2.05, 4.69) is 15.3 Å². The molecular formula is C31H28F7N5O3S2. The van der Waals surface area contributed by atoms with Crippen LogP contribution in [0.25, 0.3) is 32.1 Å². The Kier molecular flexibility index (Phi) is 9.02. The summed E-state index contributed by atoms with van der Waals surface area (Å²) < 4.78 is 115. The summed E-state index contributed by atoms with van der Waals surface area (Å²) in [4.78, 5) is 22.1. The second-order valence-electron chi connectivity index (χ2n) is 12.6. The van der Waals surface area contributed by atoms with Crippen LogP contribution in [0.1, 0.15) is 38.3 Å². The zero-order valence-corrected chi connectivity index (χ0v) is 28.0. The van der Waals surface area contributed by atoms with Gasteiger partial charge in [-0.05, 0) is 58.8 Å². The zero-order valence-electron chi connectivity index (χ0n) is 26.3. The number of thioether (sulfide) groups is 1. The Labute approximate surface area is 278 Å². The van der Waals surface area contributed by atoms with Gasteiger partial charge in [-0.1, -0.05) is 6.07 Å². The predicted octanol–water partition coefficient (Wildman–Crippen LogP) is 8.71. The Balaban J connectivity index is 1.72. The molecule has 8 nitrogen and oxygen atoms in total. The first-order valence-corrected chi connectivity index (χ1v) is 16.2.